The molecule has 1 amide bonds. The van der Waals surface area contributed by atoms with E-state index >= 15 is 0 Å². The summed E-state index contributed by atoms with van der Waals surface area (Å²) < 4.78 is 39.0. The Hall–Kier alpha value is -1.60. The van der Waals surface area contributed by atoms with Crippen molar-refractivity contribution in [3.8, 4) is 0 Å². The van der Waals surface area contributed by atoms with Crippen molar-refractivity contribution in [3.63, 3.8) is 0 Å². The van der Waals surface area contributed by atoms with Gasteiger partial charge >= 0.3 is 6.18 Å². The molecular formula is C19H28F3N3O. The van der Waals surface area contributed by atoms with Crippen molar-refractivity contribution < 1.29 is 18.0 Å². The maximum Gasteiger partial charge on any atom is 0.418 e. The molecule has 1 aliphatic heterocycles. The minimum atomic E-state index is -4.48. The van der Waals surface area contributed by atoms with Gasteiger partial charge in [-0.25, -0.2) is 0 Å². The predicted molar refractivity (Wildman–Crippen MR) is 97.0 cm³/mol. The lowest BCUT2D eigenvalue weighted by molar-refractivity contribution is -0.137. The molecule has 1 saturated heterocycles. The van der Waals surface area contributed by atoms with Crippen LogP contribution in [0.2, 0.25) is 0 Å². The Labute approximate surface area is 153 Å². The van der Waals surface area contributed by atoms with Crippen molar-refractivity contribution in [2.75, 3.05) is 44.6 Å². The first-order valence-electron chi connectivity index (χ1n) is 8.95. The Balaban J connectivity index is 1.82. The van der Waals surface area contributed by atoms with Crippen LogP contribution in [0.3, 0.4) is 0 Å². The Morgan fingerprint density at radius 3 is 2.19 bits per heavy atom. The molecule has 1 fully saturated rings. The van der Waals surface area contributed by atoms with Crippen LogP contribution in [0.15, 0.2) is 24.3 Å². The van der Waals surface area contributed by atoms with Gasteiger partial charge in [0.2, 0.25) is 5.91 Å². The number of anilines is 1. The maximum atomic E-state index is 13.0. The van der Waals surface area contributed by atoms with Gasteiger partial charge in [-0.3, -0.25) is 9.69 Å². The molecule has 146 valence electrons. The SMILES string of the molecule is CC(C)(C)CCN1CCN(CC(=O)Nc2ccccc2C(F)(F)F)CC1. The van der Waals surface area contributed by atoms with Gasteiger partial charge in [0.25, 0.3) is 0 Å². The molecule has 0 radical (unpaired) electrons. The molecule has 0 atom stereocenters. The highest BCUT2D eigenvalue weighted by Gasteiger charge is 2.33. The zero-order valence-corrected chi connectivity index (χ0v) is 15.7. The van der Waals surface area contributed by atoms with E-state index in [4.69, 9.17) is 0 Å². The first kappa shape index (κ1) is 20.7. The van der Waals surface area contributed by atoms with Crippen molar-refractivity contribution in [1.29, 1.82) is 0 Å². The monoisotopic (exact) mass is 371 g/mol. The molecule has 0 bridgehead atoms. The normalized spacial score (nSPS) is 17.3. The second kappa shape index (κ2) is 8.39. The lowest BCUT2D eigenvalue weighted by atomic mass is 9.92. The molecule has 0 spiro atoms. The van der Waals surface area contributed by atoms with Crippen LogP contribution < -0.4 is 5.32 Å². The second-order valence-electron chi connectivity index (χ2n) is 8.02. The van der Waals surface area contributed by atoms with Crippen molar-refractivity contribution in [2.45, 2.75) is 33.4 Å². The molecule has 7 heteroatoms. The van der Waals surface area contributed by atoms with Crippen LogP contribution in [0.4, 0.5) is 18.9 Å². The maximum absolute atomic E-state index is 13.0. The summed E-state index contributed by atoms with van der Waals surface area (Å²) >= 11 is 0. The minimum Gasteiger partial charge on any atom is -0.324 e. The van der Waals surface area contributed by atoms with Gasteiger partial charge in [-0.05, 0) is 30.5 Å². The smallest absolute Gasteiger partial charge is 0.324 e. The highest BCUT2D eigenvalue weighted by atomic mass is 19.4. The third-order valence-corrected chi connectivity index (χ3v) is 4.52. The number of nitrogens with one attached hydrogen (secondary N) is 1. The number of hydrogen-bond acceptors (Lipinski definition) is 3. The van der Waals surface area contributed by atoms with Gasteiger partial charge in [0.1, 0.15) is 0 Å². The molecule has 1 N–H and O–H groups in total. The molecular weight excluding hydrogens is 343 g/mol. The number of carbonyl (C=O) groups excluding carboxylic acids is 1. The van der Waals surface area contributed by atoms with Gasteiger partial charge < -0.3 is 10.2 Å². The minimum absolute atomic E-state index is 0.110. The molecule has 1 aromatic carbocycles. The number of halogens is 3. The summed E-state index contributed by atoms with van der Waals surface area (Å²) in [4.78, 5) is 16.5. The first-order chi connectivity index (χ1) is 12.0. The number of alkyl halides is 3. The van der Waals surface area contributed by atoms with E-state index in [1.807, 2.05) is 4.90 Å². The van der Waals surface area contributed by atoms with Crippen LogP contribution in [0, 0.1) is 5.41 Å². The van der Waals surface area contributed by atoms with Crippen LogP contribution in [0.25, 0.3) is 0 Å². The van der Waals surface area contributed by atoms with Gasteiger partial charge in [-0.2, -0.15) is 13.2 Å². The van der Waals surface area contributed by atoms with Gasteiger partial charge in [0.05, 0.1) is 17.8 Å². The number of rotatable bonds is 5. The summed E-state index contributed by atoms with van der Waals surface area (Å²) in [5.74, 6) is -0.412. The molecule has 0 unspecified atom stereocenters. The number of piperazine rings is 1. The van der Waals surface area contributed by atoms with Crippen molar-refractivity contribution in [2.24, 2.45) is 5.41 Å². The number of benzene rings is 1. The summed E-state index contributed by atoms with van der Waals surface area (Å²) in [5, 5.41) is 2.41. The van der Waals surface area contributed by atoms with Crippen LogP contribution in [-0.2, 0) is 11.0 Å². The summed E-state index contributed by atoms with van der Waals surface area (Å²) in [6, 6.07) is 5.06. The summed E-state index contributed by atoms with van der Waals surface area (Å²) in [5.41, 5.74) is -0.711. The van der Waals surface area contributed by atoms with Gasteiger partial charge in [0, 0.05) is 26.2 Å². The van der Waals surface area contributed by atoms with E-state index in [2.05, 4.69) is 31.0 Å². The number of hydrogen-bond donors (Lipinski definition) is 1. The second-order valence-corrected chi connectivity index (χ2v) is 8.02. The topological polar surface area (TPSA) is 35.6 Å². The van der Waals surface area contributed by atoms with Gasteiger partial charge in [-0.15, -0.1) is 0 Å². The number of carbonyl (C=O) groups is 1. The van der Waals surface area contributed by atoms with Crippen molar-refractivity contribution in [1.82, 2.24) is 9.80 Å². The summed E-state index contributed by atoms with van der Waals surface area (Å²) in [7, 11) is 0. The average Bonchev–Trinajstić information content (AvgIpc) is 2.53. The van der Waals surface area contributed by atoms with E-state index in [9.17, 15) is 18.0 Å². The summed E-state index contributed by atoms with van der Waals surface area (Å²) in [6.45, 7) is 11.0. The van der Waals surface area contributed by atoms with Crippen molar-refractivity contribution in [3.05, 3.63) is 29.8 Å². The predicted octanol–water partition coefficient (Wildman–Crippen LogP) is 3.70. The lowest BCUT2D eigenvalue weighted by Crippen LogP contribution is -2.49. The fourth-order valence-electron chi connectivity index (χ4n) is 2.90. The molecule has 1 aromatic rings. The Kier molecular flexibility index (Phi) is 6.69. The first-order valence-corrected chi connectivity index (χ1v) is 8.95. The number of amides is 1. The molecule has 4 nitrogen and oxygen atoms in total. The quantitative estimate of drug-likeness (QED) is 0.857. The highest BCUT2D eigenvalue weighted by Crippen LogP contribution is 2.34. The fourth-order valence-corrected chi connectivity index (χ4v) is 2.90. The molecule has 2 rings (SSSR count). The fraction of sp³-hybridized carbons (Fsp3) is 0.632. The zero-order valence-electron chi connectivity index (χ0n) is 15.7. The molecule has 0 aliphatic carbocycles. The molecule has 1 aliphatic rings. The van der Waals surface area contributed by atoms with Crippen LogP contribution in [-0.4, -0.2) is 55.0 Å². The molecule has 0 saturated carbocycles. The third-order valence-electron chi connectivity index (χ3n) is 4.52. The number of nitrogens with zero attached hydrogens (tertiary/aromatic N) is 2. The van der Waals surface area contributed by atoms with E-state index in [0.717, 1.165) is 45.2 Å². The number of para-hydroxylation sites is 1. The highest BCUT2D eigenvalue weighted by molar-refractivity contribution is 5.93. The third kappa shape index (κ3) is 6.61. The zero-order chi connectivity index (χ0) is 19.4. The Morgan fingerprint density at radius 2 is 1.62 bits per heavy atom. The molecule has 1 heterocycles. The Bertz CT molecular complexity index is 603. The average molecular weight is 371 g/mol. The Morgan fingerprint density at radius 1 is 1.04 bits per heavy atom. The van der Waals surface area contributed by atoms with Crippen LogP contribution in [0.5, 0.6) is 0 Å². The largest absolute Gasteiger partial charge is 0.418 e. The van der Waals surface area contributed by atoms with E-state index < -0.39 is 17.6 Å². The molecule has 0 aromatic heterocycles. The van der Waals surface area contributed by atoms with E-state index in [1.54, 1.807) is 0 Å². The van der Waals surface area contributed by atoms with Gasteiger partial charge in [-0.1, -0.05) is 32.9 Å². The van der Waals surface area contributed by atoms with Crippen LogP contribution in [0.1, 0.15) is 32.8 Å². The lowest BCUT2D eigenvalue weighted by Gasteiger charge is -2.35. The van der Waals surface area contributed by atoms with Crippen molar-refractivity contribution >= 4 is 11.6 Å². The molecule has 26 heavy (non-hydrogen) atoms. The van der Waals surface area contributed by atoms with E-state index in [-0.39, 0.29) is 12.2 Å². The van der Waals surface area contributed by atoms with E-state index in [0.29, 0.717) is 5.41 Å². The van der Waals surface area contributed by atoms with E-state index in [1.165, 1.54) is 18.2 Å². The van der Waals surface area contributed by atoms with Crippen LogP contribution >= 0.6 is 0 Å². The van der Waals surface area contributed by atoms with Gasteiger partial charge in [0.15, 0.2) is 0 Å². The standard InChI is InChI=1S/C19H28F3N3O/c1-18(2,3)8-9-24-10-12-25(13-11-24)14-17(26)23-16-7-5-4-6-15(16)19(20,21)22/h4-7H,8-14H2,1-3H3,(H,23,26). The summed E-state index contributed by atoms with van der Waals surface area (Å²) in [6.07, 6.45) is -3.37.